The van der Waals surface area contributed by atoms with Crippen LogP contribution in [0, 0.1) is 5.92 Å². The van der Waals surface area contributed by atoms with Crippen molar-refractivity contribution in [3.63, 3.8) is 0 Å². The third-order valence-electron chi connectivity index (χ3n) is 3.19. The maximum absolute atomic E-state index is 11.6. The van der Waals surface area contributed by atoms with Gasteiger partial charge in [-0.3, -0.25) is 21.6 Å². The van der Waals surface area contributed by atoms with Crippen molar-refractivity contribution in [1.82, 2.24) is 5.32 Å². The summed E-state index contributed by atoms with van der Waals surface area (Å²) in [4.78, 5) is 11.6. The second-order valence-electron chi connectivity index (χ2n) is 4.33. The van der Waals surface area contributed by atoms with E-state index < -0.39 is 5.79 Å². The molecule has 0 amide bonds. The van der Waals surface area contributed by atoms with Gasteiger partial charge < -0.3 is 5.73 Å². The molecule has 1 saturated carbocycles. The summed E-state index contributed by atoms with van der Waals surface area (Å²) in [5.74, 6) is -0.894. The number of fused-ring (bicyclic) bond motifs is 1. The van der Waals surface area contributed by atoms with Gasteiger partial charge in [-0.1, -0.05) is 6.58 Å². The summed E-state index contributed by atoms with van der Waals surface area (Å²) in [5, 5.41) is 2.90. The molecule has 0 spiro atoms. The van der Waals surface area contributed by atoms with Crippen LogP contribution in [-0.2, 0) is 4.79 Å². The van der Waals surface area contributed by atoms with Crippen molar-refractivity contribution in [3.8, 4) is 0 Å². The van der Waals surface area contributed by atoms with E-state index in [-0.39, 0.29) is 23.8 Å². The van der Waals surface area contributed by atoms with Crippen LogP contribution in [0.2, 0.25) is 0 Å². The molecule has 2 rings (SSSR count). The fourth-order valence-corrected chi connectivity index (χ4v) is 2.27. The van der Waals surface area contributed by atoms with Crippen LogP contribution in [0.25, 0.3) is 0 Å². The highest BCUT2D eigenvalue weighted by Crippen LogP contribution is 2.34. The lowest BCUT2D eigenvalue weighted by Gasteiger charge is -2.42. The summed E-state index contributed by atoms with van der Waals surface area (Å²) in [5.41, 5.74) is 17.9. The molecule has 1 saturated heterocycles. The summed E-state index contributed by atoms with van der Waals surface area (Å²) in [7, 11) is 0. The Morgan fingerprint density at radius 2 is 2.14 bits per heavy atom. The van der Waals surface area contributed by atoms with Gasteiger partial charge in [0.1, 0.15) is 5.79 Å². The van der Waals surface area contributed by atoms with Crippen LogP contribution >= 0.6 is 0 Å². The molecule has 0 aromatic rings. The first-order chi connectivity index (χ1) is 6.42. The highest BCUT2D eigenvalue weighted by atomic mass is 16.1. The van der Waals surface area contributed by atoms with Crippen molar-refractivity contribution in [2.24, 2.45) is 23.1 Å². The number of carbonyl (C=O) groups is 1. The van der Waals surface area contributed by atoms with Gasteiger partial charge in [0.15, 0.2) is 5.78 Å². The lowest BCUT2D eigenvalue weighted by molar-refractivity contribution is -0.118. The van der Waals surface area contributed by atoms with E-state index in [1.807, 2.05) is 0 Å². The van der Waals surface area contributed by atoms with E-state index in [0.717, 1.165) is 0 Å². The minimum atomic E-state index is -1.14. The smallest absolute Gasteiger partial charge is 0.175 e. The van der Waals surface area contributed by atoms with Crippen LogP contribution < -0.4 is 22.5 Å². The standard InChI is InChI=1S/C9H16N4O/c1-4-2-5-3-6(10)9(11,12)13-7(5)8(4)14/h5-7,13H,1-3,10-12H2/t5?,6-,7+/m1/s1. The molecule has 5 heteroatoms. The van der Waals surface area contributed by atoms with E-state index in [1.54, 1.807) is 0 Å². The Bertz CT molecular complexity index is 299. The SMILES string of the molecule is C=C1CC2C[C@@H](N)C(N)(N)N[C@@H]2C1=O. The Morgan fingerprint density at radius 1 is 1.50 bits per heavy atom. The van der Waals surface area contributed by atoms with Gasteiger partial charge in [-0.05, 0) is 24.3 Å². The minimum Gasteiger partial charge on any atom is -0.324 e. The quantitative estimate of drug-likeness (QED) is 0.275. The monoisotopic (exact) mass is 196 g/mol. The molecule has 0 bridgehead atoms. The second-order valence-corrected chi connectivity index (χ2v) is 4.33. The number of hydrogen-bond donors (Lipinski definition) is 4. The summed E-state index contributed by atoms with van der Waals surface area (Å²) in [6.07, 6.45) is 1.38. The zero-order chi connectivity index (χ0) is 10.5. The Morgan fingerprint density at radius 3 is 2.79 bits per heavy atom. The minimum absolute atomic E-state index is 0.0298. The molecule has 1 unspecified atom stereocenters. The Hall–Kier alpha value is -0.750. The Labute approximate surface area is 82.7 Å². The predicted molar refractivity (Wildman–Crippen MR) is 52.9 cm³/mol. The molecule has 2 aliphatic rings. The predicted octanol–water partition coefficient (Wildman–Crippen LogP) is -1.61. The van der Waals surface area contributed by atoms with Gasteiger partial charge in [-0.2, -0.15) is 0 Å². The first-order valence-electron chi connectivity index (χ1n) is 4.75. The van der Waals surface area contributed by atoms with E-state index in [4.69, 9.17) is 17.2 Å². The van der Waals surface area contributed by atoms with Crippen LogP contribution in [0.4, 0.5) is 0 Å². The lowest BCUT2D eigenvalue weighted by Crippen LogP contribution is -2.77. The second kappa shape index (κ2) is 2.87. The number of carbonyl (C=O) groups excluding carboxylic acids is 1. The summed E-state index contributed by atoms with van der Waals surface area (Å²) < 4.78 is 0. The van der Waals surface area contributed by atoms with Gasteiger partial charge in [0.25, 0.3) is 0 Å². The van der Waals surface area contributed by atoms with Crippen LogP contribution in [0.15, 0.2) is 12.2 Å². The Balaban J connectivity index is 2.23. The molecular formula is C9H16N4O. The molecule has 7 N–H and O–H groups in total. The van der Waals surface area contributed by atoms with Crippen molar-refractivity contribution in [1.29, 1.82) is 0 Å². The number of Topliss-reactive ketones (excluding diaryl/α,β-unsaturated/α-hetero) is 1. The van der Waals surface area contributed by atoms with E-state index in [1.165, 1.54) is 0 Å². The number of hydrogen-bond acceptors (Lipinski definition) is 5. The average Bonchev–Trinajstić information content (AvgIpc) is 2.32. The van der Waals surface area contributed by atoms with Crippen molar-refractivity contribution >= 4 is 5.78 Å². The molecule has 78 valence electrons. The van der Waals surface area contributed by atoms with Crippen molar-refractivity contribution < 1.29 is 4.79 Å². The fraction of sp³-hybridized carbons (Fsp3) is 0.667. The number of piperidine rings is 1. The Kier molecular flexibility index (Phi) is 2.01. The van der Waals surface area contributed by atoms with Crippen LogP contribution in [0.1, 0.15) is 12.8 Å². The molecule has 3 atom stereocenters. The van der Waals surface area contributed by atoms with E-state index in [9.17, 15) is 4.79 Å². The van der Waals surface area contributed by atoms with Gasteiger partial charge in [0.2, 0.25) is 0 Å². The molecule has 1 aliphatic heterocycles. The number of ketones is 1. The van der Waals surface area contributed by atoms with Crippen molar-refractivity contribution in [2.75, 3.05) is 0 Å². The molecule has 5 nitrogen and oxygen atoms in total. The van der Waals surface area contributed by atoms with E-state index in [0.29, 0.717) is 18.4 Å². The third-order valence-corrected chi connectivity index (χ3v) is 3.19. The van der Waals surface area contributed by atoms with Gasteiger partial charge in [0.05, 0.1) is 12.1 Å². The fourth-order valence-electron chi connectivity index (χ4n) is 2.27. The maximum Gasteiger partial charge on any atom is 0.175 e. The van der Waals surface area contributed by atoms with Gasteiger partial charge in [-0.25, -0.2) is 0 Å². The molecule has 0 aromatic carbocycles. The number of nitrogens with two attached hydrogens (primary N) is 3. The summed E-state index contributed by atoms with van der Waals surface area (Å²) >= 11 is 0. The largest absolute Gasteiger partial charge is 0.324 e. The molecule has 0 radical (unpaired) electrons. The maximum atomic E-state index is 11.6. The summed E-state index contributed by atoms with van der Waals surface area (Å²) in [6, 6.07) is -0.597. The topological polar surface area (TPSA) is 107 Å². The van der Waals surface area contributed by atoms with Gasteiger partial charge in [0, 0.05) is 0 Å². The molecule has 1 aliphatic carbocycles. The van der Waals surface area contributed by atoms with Crippen molar-refractivity contribution in [3.05, 3.63) is 12.2 Å². The summed E-state index contributed by atoms with van der Waals surface area (Å²) in [6.45, 7) is 3.72. The van der Waals surface area contributed by atoms with E-state index >= 15 is 0 Å². The first kappa shape index (κ1) is 9.79. The van der Waals surface area contributed by atoms with Crippen LogP contribution in [0.3, 0.4) is 0 Å². The number of nitrogens with one attached hydrogen (secondary N) is 1. The third kappa shape index (κ3) is 1.29. The van der Waals surface area contributed by atoms with Crippen molar-refractivity contribution in [2.45, 2.75) is 30.7 Å². The zero-order valence-electron chi connectivity index (χ0n) is 7.99. The van der Waals surface area contributed by atoms with Crippen LogP contribution in [0.5, 0.6) is 0 Å². The van der Waals surface area contributed by atoms with Gasteiger partial charge >= 0.3 is 0 Å². The first-order valence-corrected chi connectivity index (χ1v) is 4.75. The molecular weight excluding hydrogens is 180 g/mol. The average molecular weight is 196 g/mol. The molecule has 2 fully saturated rings. The highest BCUT2D eigenvalue weighted by Gasteiger charge is 2.47. The van der Waals surface area contributed by atoms with Crippen LogP contribution in [-0.4, -0.2) is 23.7 Å². The molecule has 14 heavy (non-hydrogen) atoms. The van der Waals surface area contributed by atoms with E-state index in [2.05, 4.69) is 11.9 Å². The zero-order valence-corrected chi connectivity index (χ0v) is 7.99. The molecule has 0 aromatic heterocycles. The van der Waals surface area contributed by atoms with Gasteiger partial charge in [-0.15, -0.1) is 0 Å². The lowest BCUT2D eigenvalue weighted by atomic mass is 9.87. The molecule has 1 heterocycles. The highest BCUT2D eigenvalue weighted by molar-refractivity contribution is 6.01. The normalized spacial score (nSPS) is 41.2. The number of rotatable bonds is 0.